The van der Waals surface area contributed by atoms with E-state index in [1.54, 1.807) is 11.3 Å². The van der Waals surface area contributed by atoms with Gasteiger partial charge in [0.05, 0.1) is 11.8 Å². The van der Waals surface area contributed by atoms with Crippen LogP contribution < -0.4 is 0 Å². The van der Waals surface area contributed by atoms with Gasteiger partial charge in [0.25, 0.3) is 0 Å². The first-order chi connectivity index (χ1) is 13.6. The van der Waals surface area contributed by atoms with Crippen LogP contribution in [0.15, 0.2) is 53.0 Å². The van der Waals surface area contributed by atoms with E-state index in [0.29, 0.717) is 11.8 Å². The molecule has 0 unspecified atom stereocenters. The summed E-state index contributed by atoms with van der Waals surface area (Å²) in [5.74, 6) is 1.48. The van der Waals surface area contributed by atoms with E-state index in [1.165, 1.54) is 29.5 Å². The van der Waals surface area contributed by atoms with Crippen LogP contribution in [-0.2, 0) is 11.2 Å². The summed E-state index contributed by atoms with van der Waals surface area (Å²) in [6.07, 6.45) is 3.14. The maximum atomic E-state index is 12.7. The first-order valence-electron chi connectivity index (χ1n) is 9.53. The lowest BCUT2D eigenvalue weighted by Gasteiger charge is -2.25. The molecule has 0 spiro atoms. The molecule has 0 bridgehead atoms. The lowest BCUT2D eigenvalue weighted by Crippen LogP contribution is -2.31. The highest BCUT2D eigenvalue weighted by Gasteiger charge is 2.30. The molecule has 0 saturated heterocycles. The Morgan fingerprint density at radius 1 is 1.25 bits per heavy atom. The quantitative estimate of drug-likeness (QED) is 0.508. The van der Waals surface area contributed by atoms with Crippen molar-refractivity contribution in [3.8, 4) is 0 Å². The van der Waals surface area contributed by atoms with Crippen LogP contribution in [0.5, 0.6) is 0 Å². The summed E-state index contributed by atoms with van der Waals surface area (Å²) in [7, 11) is 1.87. The molecule has 5 nitrogen and oxygen atoms in total. The zero-order chi connectivity index (χ0) is 19.5. The summed E-state index contributed by atoms with van der Waals surface area (Å²) in [4.78, 5) is 15.8. The Labute approximate surface area is 173 Å². The molecule has 7 heteroatoms. The lowest BCUT2D eigenvalue weighted by atomic mass is 10.1. The molecule has 146 valence electrons. The topological polar surface area (TPSA) is 51.0 Å². The highest BCUT2D eigenvalue weighted by Crippen LogP contribution is 2.39. The van der Waals surface area contributed by atoms with Gasteiger partial charge in [-0.2, -0.15) is 0 Å². The fraction of sp³-hybridized carbons (Fsp3) is 0.381. The number of thioether (sulfide) groups is 1. The Morgan fingerprint density at radius 2 is 2.04 bits per heavy atom. The number of hydrogen-bond acceptors (Lipinski definition) is 5. The van der Waals surface area contributed by atoms with Crippen LogP contribution in [0, 0.1) is 0 Å². The van der Waals surface area contributed by atoms with E-state index in [-0.39, 0.29) is 11.9 Å². The van der Waals surface area contributed by atoms with Crippen molar-refractivity contribution in [2.24, 2.45) is 0 Å². The molecule has 1 aromatic carbocycles. The molecule has 3 aromatic rings. The third-order valence-electron chi connectivity index (χ3n) is 5.14. The number of rotatable bonds is 8. The summed E-state index contributed by atoms with van der Waals surface area (Å²) in [6, 6.07) is 14.9. The number of carbonyl (C=O) groups is 1. The smallest absolute Gasteiger partial charge is 0.233 e. The van der Waals surface area contributed by atoms with E-state index >= 15 is 0 Å². The minimum Gasteiger partial charge on any atom is -0.338 e. The van der Waals surface area contributed by atoms with Crippen molar-refractivity contribution in [1.82, 2.24) is 19.7 Å². The predicted octanol–water partition coefficient (Wildman–Crippen LogP) is 4.58. The van der Waals surface area contributed by atoms with Gasteiger partial charge < -0.3 is 9.47 Å². The number of aromatic nitrogens is 3. The minimum atomic E-state index is 0.0463. The monoisotopic (exact) mass is 412 g/mol. The number of carbonyl (C=O) groups excluding carboxylic acids is 1. The molecular formula is C21H24N4OS2. The van der Waals surface area contributed by atoms with Gasteiger partial charge in [0.2, 0.25) is 5.91 Å². The van der Waals surface area contributed by atoms with E-state index < -0.39 is 0 Å². The van der Waals surface area contributed by atoms with E-state index in [9.17, 15) is 4.79 Å². The lowest BCUT2D eigenvalue weighted by molar-refractivity contribution is -0.128. The van der Waals surface area contributed by atoms with Crippen LogP contribution in [0.25, 0.3) is 0 Å². The number of benzene rings is 1. The first-order valence-corrected chi connectivity index (χ1v) is 11.4. The van der Waals surface area contributed by atoms with Crippen LogP contribution in [0.2, 0.25) is 0 Å². The van der Waals surface area contributed by atoms with Gasteiger partial charge in [-0.3, -0.25) is 4.79 Å². The maximum Gasteiger partial charge on any atom is 0.233 e. The van der Waals surface area contributed by atoms with Crippen molar-refractivity contribution < 1.29 is 4.79 Å². The molecule has 4 rings (SSSR count). The molecule has 1 saturated carbocycles. The van der Waals surface area contributed by atoms with Crippen molar-refractivity contribution in [3.63, 3.8) is 0 Å². The highest BCUT2D eigenvalue weighted by molar-refractivity contribution is 7.99. The third kappa shape index (κ3) is 4.31. The van der Waals surface area contributed by atoms with E-state index in [1.807, 2.05) is 30.1 Å². The molecule has 1 amide bonds. The zero-order valence-electron chi connectivity index (χ0n) is 16.1. The first kappa shape index (κ1) is 19.2. The molecule has 0 N–H and O–H groups in total. The van der Waals surface area contributed by atoms with Crippen LogP contribution in [0.1, 0.15) is 48.1 Å². The van der Waals surface area contributed by atoms with E-state index in [2.05, 4.69) is 51.3 Å². The van der Waals surface area contributed by atoms with Gasteiger partial charge >= 0.3 is 0 Å². The summed E-state index contributed by atoms with van der Waals surface area (Å²) in [5.41, 5.74) is 1.14. The summed E-state index contributed by atoms with van der Waals surface area (Å²) in [6.45, 7) is 2.06. The number of hydrogen-bond donors (Lipinski definition) is 0. The molecule has 1 atom stereocenters. The van der Waals surface area contributed by atoms with Crippen molar-refractivity contribution in [3.05, 3.63) is 64.1 Å². The van der Waals surface area contributed by atoms with Gasteiger partial charge in [-0.05, 0) is 36.8 Å². The van der Waals surface area contributed by atoms with Gasteiger partial charge in [-0.15, -0.1) is 21.5 Å². The van der Waals surface area contributed by atoms with Gasteiger partial charge in [-0.25, -0.2) is 0 Å². The van der Waals surface area contributed by atoms with Crippen molar-refractivity contribution in [2.45, 2.75) is 43.4 Å². The number of nitrogens with zero attached hydrogens (tertiary/aromatic N) is 4. The van der Waals surface area contributed by atoms with Crippen LogP contribution in [0.3, 0.4) is 0 Å². The molecule has 2 aromatic heterocycles. The average Bonchev–Trinajstić information content (AvgIpc) is 3.28. The molecule has 1 aliphatic rings. The SMILES string of the molecule is C[C@@H](c1ccccc1)N(C)C(=O)CSc1nnc(Cc2cccs2)n1C1CC1. The molecule has 0 radical (unpaired) electrons. The second-order valence-electron chi connectivity index (χ2n) is 7.14. The fourth-order valence-electron chi connectivity index (χ4n) is 3.19. The van der Waals surface area contributed by atoms with Crippen molar-refractivity contribution >= 4 is 29.0 Å². The van der Waals surface area contributed by atoms with Gasteiger partial charge in [0, 0.05) is 24.4 Å². The Hall–Kier alpha value is -2.12. The summed E-state index contributed by atoms with van der Waals surface area (Å²) >= 11 is 3.24. The Morgan fingerprint density at radius 3 is 2.71 bits per heavy atom. The second-order valence-corrected chi connectivity index (χ2v) is 9.11. The number of thiophene rings is 1. The molecule has 1 aliphatic carbocycles. The van der Waals surface area contributed by atoms with E-state index in [4.69, 9.17) is 0 Å². The third-order valence-corrected chi connectivity index (χ3v) is 6.94. The minimum absolute atomic E-state index is 0.0463. The van der Waals surface area contributed by atoms with Crippen LogP contribution >= 0.6 is 23.1 Å². The van der Waals surface area contributed by atoms with Crippen LogP contribution in [-0.4, -0.2) is 38.4 Å². The van der Waals surface area contributed by atoms with Gasteiger partial charge in [0.15, 0.2) is 5.16 Å². The Kier molecular flexibility index (Phi) is 5.82. The average molecular weight is 413 g/mol. The maximum absolute atomic E-state index is 12.7. The largest absolute Gasteiger partial charge is 0.338 e. The Bertz CT molecular complexity index is 919. The molecule has 28 heavy (non-hydrogen) atoms. The molecule has 1 fully saturated rings. The number of amides is 1. The second kappa shape index (κ2) is 8.49. The predicted molar refractivity (Wildman–Crippen MR) is 114 cm³/mol. The standard InChI is InChI=1S/C21H24N4OS2/c1-15(16-7-4-3-5-8-16)24(2)20(26)14-28-21-23-22-19(25(21)17-10-11-17)13-18-9-6-12-27-18/h3-9,12,15,17H,10-11,13-14H2,1-2H3/t15-/m0/s1. The summed E-state index contributed by atoms with van der Waals surface area (Å²) < 4.78 is 2.25. The normalized spacial score (nSPS) is 14.8. The summed E-state index contributed by atoms with van der Waals surface area (Å²) in [5, 5.41) is 11.8. The van der Waals surface area contributed by atoms with E-state index in [0.717, 1.165) is 23.0 Å². The zero-order valence-corrected chi connectivity index (χ0v) is 17.7. The van der Waals surface area contributed by atoms with Gasteiger partial charge in [0.1, 0.15) is 5.82 Å². The molecular weight excluding hydrogens is 388 g/mol. The molecule has 0 aliphatic heterocycles. The Balaban J connectivity index is 1.41. The van der Waals surface area contributed by atoms with Crippen molar-refractivity contribution in [2.75, 3.05) is 12.8 Å². The van der Waals surface area contributed by atoms with Gasteiger partial charge in [-0.1, -0.05) is 48.2 Å². The highest BCUT2D eigenvalue weighted by atomic mass is 32.2. The van der Waals surface area contributed by atoms with Crippen molar-refractivity contribution in [1.29, 1.82) is 0 Å². The fourth-order valence-corrected chi connectivity index (χ4v) is 4.84. The molecule has 2 heterocycles. The van der Waals surface area contributed by atoms with Crippen LogP contribution in [0.4, 0.5) is 0 Å².